The maximum atomic E-state index is 13.8. The predicted octanol–water partition coefficient (Wildman–Crippen LogP) is 3.64. The molecule has 0 saturated carbocycles. The van der Waals surface area contributed by atoms with E-state index in [1.807, 2.05) is 24.3 Å². The monoisotopic (exact) mass is 521 g/mol. The Morgan fingerprint density at radius 1 is 1.13 bits per heavy atom. The lowest BCUT2D eigenvalue weighted by atomic mass is 10.1. The Kier molecular flexibility index (Phi) is 6.97. The molecule has 12 heteroatoms. The molecule has 0 radical (unpaired) electrons. The van der Waals surface area contributed by atoms with Crippen LogP contribution >= 0.6 is 0 Å². The highest BCUT2D eigenvalue weighted by Crippen LogP contribution is 2.33. The summed E-state index contributed by atoms with van der Waals surface area (Å²) in [4.78, 5) is 33.7. The average Bonchev–Trinajstić information content (AvgIpc) is 3.31. The van der Waals surface area contributed by atoms with Gasteiger partial charge in [-0.05, 0) is 36.6 Å². The molecule has 2 aromatic carbocycles. The van der Waals surface area contributed by atoms with Gasteiger partial charge in [-0.3, -0.25) is 4.79 Å². The molecule has 196 valence electrons. The van der Waals surface area contributed by atoms with Crippen molar-refractivity contribution in [1.82, 2.24) is 30.0 Å². The van der Waals surface area contributed by atoms with Crippen LogP contribution in [0.3, 0.4) is 0 Å². The van der Waals surface area contributed by atoms with Gasteiger partial charge in [0.1, 0.15) is 29.5 Å². The number of fused-ring (bicyclic) bond motifs is 1. The second kappa shape index (κ2) is 10.5. The van der Waals surface area contributed by atoms with Gasteiger partial charge in [0, 0.05) is 25.2 Å². The quantitative estimate of drug-likeness (QED) is 0.313. The number of rotatable bonds is 7. The minimum atomic E-state index is -0.965. The van der Waals surface area contributed by atoms with Crippen LogP contribution in [-0.4, -0.2) is 61.3 Å². The van der Waals surface area contributed by atoms with Crippen LogP contribution in [0.1, 0.15) is 34.8 Å². The topological polar surface area (TPSA) is 139 Å². The number of amides is 1. The maximum absolute atomic E-state index is 13.8. The summed E-state index contributed by atoms with van der Waals surface area (Å²) in [5.74, 6) is -1.71. The molecule has 1 atom stereocenters. The van der Waals surface area contributed by atoms with Gasteiger partial charge in [-0.25, -0.2) is 28.2 Å². The summed E-state index contributed by atoms with van der Waals surface area (Å²) in [5.41, 5.74) is 8.66. The number of hydrogen-bond donors (Lipinski definition) is 3. The minimum absolute atomic E-state index is 0.153. The summed E-state index contributed by atoms with van der Waals surface area (Å²) in [6.07, 6.45) is 1.87. The third-order valence-electron chi connectivity index (χ3n) is 6.60. The van der Waals surface area contributed by atoms with Crippen LogP contribution < -0.4 is 11.1 Å². The van der Waals surface area contributed by atoms with Gasteiger partial charge in [-0.1, -0.05) is 24.3 Å². The lowest BCUT2D eigenvalue weighted by molar-refractivity contribution is 0.0986. The highest BCUT2D eigenvalue weighted by Gasteiger charge is 2.28. The molecule has 1 aliphatic heterocycles. The zero-order valence-electron chi connectivity index (χ0n) is 20.3. The summed E-state index contributed by atoms with van der Waals surface area (Å²) in [5, 5.41) is 17.8. The number of anilines is 1. The van der Waals surface area contributed by atoms with Gasteiger partial charge in [0.15, 0.2) is 11.4 Å². The van der Waals surface area contributed by atoms with Crippen LogP contribution in [-0.2, 0) is 6.54 Å². The van der Waals surface area contributed by atoms with E-state index in [1.54, 1.807) is 4.68 Å². The molecule has 10 nitrogen and oxygen atoms in total. The fourth-order valence-electron chi connectivity index (χ4n) is 4.69. The van der Waals surface area contributed by atoms with Gasteiger partial charge in [0.05, 0.1) is 23.5 Å². The molecule has 3 heterocycles. The molecular formula is C26H25F2N7O3. The van der Waals surface area contributed by atoms with Crippen LogP contribution in [0.2, 0.25) is 0 Å². The largest absolute Gasteiger partial charge is 0.465 e. The van der Waals surface area contributed by atoms with Gasteiger partial charge in [-0.15, -0.1) is 0 Å². The number of carbonyl (C=O) groups is 2. The molecule has 2 aromatic heterocycles. The fourth-order valence-corrected chi connectivity index (χ4v) is 4.69. The van der Waals surface area contributed by atoms with E-state index >= 15 is 0 Å². The molecule has 1 aliphatic rings. The molecule has 1 saturated heterocycles. The number of benzene rings is 2. The highest BCUT2D eigenvalue weighted by molar-refractivity contribution is 5.98. The van der Waals surface area contributed by atoms with E-state index in [0.717, 1.165) is 35.7 Å². The number of hydrogen-bond acceptors (Lipinski definition) is 7. The second-order valence-corrected chi connectivity index (χ2v) is 9.12. The Balaban J connectivity index is 1.33. The maximum Gasteiger partial charge on any atom is 0.407 e. The molecule has 1 fully saturated rings. The third-order valence-corrected chi connectivity index (χ3v) is 6.60. The van der Waals surface area contributed by atoms with Crippen LogP contribution in [0.5, 0.6) is 0 Å². The Labute approximate surface area is 216 Å². The zero-order chi connectivity index (χ0) is 26.8. The smallest absolute Gasteiger partial charge is 0.407 e. The van der Waals surface area contributed by atoms with Crippen LogP contribution in [0.4, 0.5) is 19.4 Å². The number of nitrogens with two attached hydrogens (primary N) is 1. The number of nitrogens with one attached hydrogen (secondary N) is 1. The first kappa shape index (κ1) is 25.2. The first-order valence-electron chi connectivity index (χ1n) is 12.1. The standard InChI is InChI=1S/C26H25F2N7O3/c27-17-7-8-20(28)19(10-17)21(36)12-30-11-15-3-5-16(6-4-15)23-22-24(29)31-14-32-25(22)35(33-23)18-2-1-9-34(13-18)26(37)38/h3-8,10,14,18,30H,1-2,9,11-13H2,(H,37,38)(H2,29,31,32)/t18-/m1/s1. The van der Waals surface area contributed by atoms with Gasteiger partial charge in [0.25, 0.3) is 0 Å². The first-order valence-corrected chi connectivity index (χ1v) is 12.1. The number of halogens is 2. The number of Topliss-reactive ketones (excluding diaryl/α,β-unsaturated/α-hetero) is 1. The Hall–Kier alpha value is -4.45. The van der Waals surface area contributed by atoms with E-state index < -0.39 is 23.5 Å². The van der Waals surface area contributed by atoms with Crippen molar-refractivity contribution in [3.05, 3.63) is 71.6 Å². The van der Waals surface area contributed by atoms with Gasteiger partial charge in [0.2, 0.25) is 0 Å². The lowest BCUT2D eigenvalue weighted by Gasteiger charge is -2.30. The lowest BCUT2D eigenvalue weighted by Crippen LogP contribution is -2.40. The van der Waals surface area contributed by atoms with E-state index in [2.05, 4.69) is 15.3 Å². The zero-order valence-corrected chi connectivity index (χ0v) is 20.3. The summed E-state index contributed by atoms with van der Waals surface area (Å²) in [6.45, 7) is 0.960. The van der Waals surface area contributed by atoms with E-state index in [0.29, 0.717) is 42.8 Å². The third kappa shape index (κ3) is 5.02. The molecule has 38 heavy (non-hydrogen) atoms. The number of ketones is 1. The average molecular weight is 522 g/mol. The number of likely N-dealkylation sites (tertiary alicyclic amines) is 1. The molecule has 0 aliphatic carbocycles. The van der Waals surface area contributed by atoms with Crippen LogP contribution in [0.15, 0.2) is 48.8 Å². The molecule has 5 rings (SSSR count). The molecule has 0 unspecified atom stereocenters. The fraction of sp³-hybridized carbons (Fsp3) is 0.269. The van der Waals surface area contributed by atoms with Gasteiger partial charge < -0.3 is 21.1 Å². The van der Waals surface area contributed by atoms with Gasteiger partial charge >= 0.3 is 6.09 Å². The molecule has 1 amide bonds. The second-order valence-electron chi connectivity index (χ2n) is 9.12. The van der Waals surface area contributed by atoms with Crippen molar-refractivity contribution >= 4 is 28.7 Å². The van der Waals surface area contributed by atoms with E-state index in [-0.39, 0.29) is 24.0 Å². The van der Waals surface area contributed by atoms with Crippen molar-refractivity contribution in [2.24, 2.45) is 0 Å². The summed E-state index contributed by atoms with van der Waals surface area (Å²) >= 11 is 0. The number of carbonyl (C=O) groups excluding carboxylic acids is 1. The molecule has 0 spiro atoms. The molecule has 0 bridgehead atoms. The minimum Gasteiger partial charge on any atom is -0.465 e. The van der Waals surface area contributed by atoms with E-state index in [9.17, 15) is 23.5 Å². The normalized spacial score (nSPS) is 15.6. The summed E-state index contributed by atoms with van der Waals surface area (Å²) < 4.78 is 28.9. The Bertz CT molecular complexity index is 1510. The predicted molar refractivity (Wildman–Crippen MR) is 135 cm³/mol. The molecule has 4 N–H and O–H groups in total. The van der Waals surface area contributed by atoms with Crippen LogP contribution in [0.25, 0.3) is 22.3 Å². The number of carboxylic acid groups (broad SMARTS) is 1. The SMILES string of the molecule is Nc1ncnc2c1c(-c1ccc(CNCC(=O)c3cc(F)ccc3F)cc1)nn2[C@@H]1CCCN(C(=O)O)C1. The van der Waals surface area contributed by atoms with Crippen LogP contribution in [0, 0.1) is 11.6 Å². The van der Waals surface area contributed by atoms with E-state index in [4.69, 9.17) is 10.8 Å². The molecule has 4 aromatic rings. The van der Waals surface area contributed by atoms with Crippen molar-refractivity contribution in [2.45, 2.75) is 25.4 Å². The van der Waals surface area contributed by atoms with Crippen molar-refractivity contribution in [3.8, 4) is 11.3 Å². The summed E-state index contributed by atoms with van der Waals surface area (Å²) in [6, 6.07) is 10.0. The Morgan fingerprint density at radius 2 is 1.92 bits per heavy atom. The van der Waals surface area contributed by atoms with Crippen molar-refractivity contribution in [1.29, 1.82) is 0 Å². The number of nitrogen functional groups attached to an aromatic ring is 1. The number of aromatic nitrogens is 4. The van der Waals surface area contributed by atoms with Crippen molar-refractivity contribution in [3.63, 3.8) is 0 Å². The number of nitrogens with zero attached hydrogens (tertiary/aromatic N) is 5. The van der Waals surface area contributed by atoms with Crippen molar-refractivity contribution in [2.75, 3.05) is 25.4 Å². The molecular weight excluding hydrogens is 496 g/mol. The van der Waals surface area contributed by atoms with Crippen molar-refractivity contribution < 1.29 is 23.5 Å². The number of piperidine rings is 1. The first-order chi connectivity index (χ1) is 18.3. The Morgan fingerprint density at radius 3 is 2.68 bits per heavy atom. The van der Waals surface area contributed by atoms with E-state index in [1.165, 1.54) is 11.2 Å². The summed E-state index contributed by atoms with van der Waals surface area (Å²) in [7, 11) is 0. The highest BCUT2D eigenvalue weighted by atomic mass is 19.1. The van der Waals surface area contributed by atoms with Gasteiger partial charge in [-0.2, -0.15) is 5.10 Å².